The van der Waals surface area contributed by atoms with Crippen LogP contribution in [0.2, 0.25) is 0 Å². The van der Waals surface area contributed by atoms with E-state index in [1.807, 2.05) is 60.4 Å². The van der Waals surface area contributed by atoms with Crippen LogP contribution < -0.4 is 5.32 Å². The van der Waals surface area contributed by atoms with Crippen molar-refractivity contribution in [3.63, 3.8) is 0 Å². The number of hydrogen-bond acceptors (Lipinski definition) is 3. The number of rotatable bonds is 4. The van der Waals surface area contributed by atoms with Crippen LogP contribution in [0.25, 0.3) is 22.3 Å². The van der Waals surface area contributed by atoms with Gasteiger partial charge in [-0.1, -0.05) is 18.2 Å². The second-order valence-electron chi connectivity index (χ2n) is 6.98. The highest BCUT2D eigenvalue weighted by Crippen LogP contribution is 2.28. The highest BCUT2D eigenvalue weighted by molar-refractivity contribution is 5.85. The number of carbonyl (C=O) groups excluding carboxylic acids is 1. The molecular formula is C22H24N2O2. The number of para-hydroxylation sites is 1. The Hall–Kier alpha value is -2.75. The first kappa shape index (κ1) is 16.7. The first-order valence-corrected chi connectivity index (χ1v) is 9.35. The van der Waals surface area contributed by atoms with E-state index < -0.39 is 0 Å². The average Bonchev–Trinajstić information content (AvgIpc) is 3.13. The fourth-order valence-corrected chi connectivity index (χ4v) is 3.55. The summed E-state index contributed by atoms with van der Waals surface area (Å²) in [5.41, 5.74) is 2.87. The van der Waals surface area contributed by atoms with Crippen molar-refractivity contribution < 1.29 is 9.21 Å². The molecule has 0 unspecified atom stereocenters. The molecule has 0 radical (unpaired) electrons. The van der Waals surface area contributed by atoms with Crippen LogP contribution in [0.3, 0.4) is 0 Å². The Kier molecular flexibility index (Phi) is 4.65. The molecule has 4 nitrogen and oxygen atoms in total. The van der Waals surface area contributed by atoms with E-state index in [0.29, 0.717) is 0 Å². The number of piperidine rings is 1. The van der Waals surface area contributed by atoms with Crippen molar-refractivity contribution in [2.24, 2.45) is 0 Å². The standard InChI is InChI=1S/C22H24N2O2/c1-16(22(25)24-13-5-2-6-14-24)23-19-11-9-17(10-12-19)21-15-18-7-3-4-8-20(18)26-21/h3-4,7-12,15-16,23H,2,5-6,13-14H2,1H3/t16-/m0/s1. The topological polar surface area (TPSA) is 45.5 Å². The number of fused-ring (bicyclic) bond motifs is 1. The zero-order valence-electron chi connectivity index (χ0n) is 15.1. The largest absolute Gasteiger partial charge is 0.456 e. The van der Waals surface area contributed by atoms with E-state index in [1.165, 1.54) is 6.42 Å². The second-order valence-corrected chi connectivity index (χ2v) is 6.98. The molecule has 1 aliphatic heterocycles. The summed E-state index contributed by atoms with van der Waals surface area (Å²) in [5, 5.41) is 4.42. The quantitative estimate of drug-likeness (QED) is 0.728. The Morgan fingerprint density at radius 2 is 1.77 bits per heavy atom. The Bertz CT molecular complexity index is 859. The molecule has 4 heteroatoms. The molecule has 1 amide bonds. The molecule has 2 aromatic carbocycles. The maximum Gasteiger partial charge on any atom is 0.244 e. The molecule has 2 heterocycles. The van der Waals surface area contributed by atoms with Crippen LogP contribution in [-0.2, 0) is 4.79 Å². The molecule has 1 atom stereocenters. The average molecular weight is 348 g/mol. The van der Waals surface area contributed by atoms with Crippen LogP contribution in [0.4, 0.5) is 5.69 Å². The lowest BCUT2D eigenvalue weighted by Gasteiger charge is -2.29. The molecule has 134 valence electrons. The SMILES string of the molecule is C[C@H](Nc1ccc(-c2cc3ccccc3o2)cc1)C(=O)N1CCCCC1. The Labute approximate surface area is 153 Å². The second kappa shape index (κ2) is 7.24. The van der Waals surface area contributed by atoms with Crippen molar-refractivity contribution in [3.8, 4) is 11.3 Å². The lowest BCUT2D eigenvalue weighted by atomic mass is 10.1. The van der Waals surface area contributed by atoms with Gasteiger partial charge in [0.05, 0.1) is 0 Å². The van der Waals surface area contributed by atoms with Crippen LogP contribution in [0.1, 0.15) is 26.2 Å². The zero-order chi connectivity index (χ0) is 17.9. The van der Waals surface area contributed by atoms with Crippen molar-refractivity contribution in [1.29, 1.82) is 0 Å². The molecule has 0 aliphatic carbocycles. The summed E-state index contributed by atoms with van der Waals surface area (Å²) < 4.78 is 5.91. The number of likely N-dealkylation sites (tertiary alicyclic amines) is 1. The number of furan rings is 1. The van der Waals surface area contributed by atoms with Gasteiger partial charge in [0.1, 0.15) is 17.4 Å². The number of nitrogens with one attached hydrogen (secondary N) is 1. The van der Waals surface area contributed by atoms with Gasteiger partial charge in [0.25, 0.3) is 0 Å². The number of hydrogen-bond donors (Lipinski definition) is 1. The first-order chi connectivity index (χ1) is 12.7. The number of amides is 1. The summed E-state index contributed by atoms with van der Waals surface area (Å²) in [6, 6.07) is 17.9. The minimum absolute atomic E-state index is 0.186. The third-order valence-corrected chi connectivity index (χ3v) is 5.02. The summed E-state index contributed by atoms with van der Waals surface area (Å²) in [6.07, 6.45) is 3.46. The van der Waals surface area contributed by atoms with Gasteiger partial charge in [0, 0.05) is 29.7 Å². The summed E-state index contributed by atoms with van der Waals surface area (Å²) in [5.74, 6) is 1.04. The predicted molar refractivity (Wildman–Crippen MR) is 105 cm³/mol. The van der Waals surface area contributed by atoms with Crippen LogP contribution >= 0.6 is 0 Å². The Morgan fingerprint density at radius 1 is 1.04 bits per heavy atom. The number of nitrogens with zero attached hydrogens (tertiary/aromatic N) is 1. The van der Waals surface area contributed by atoms with Gasteiger partial charge in [-0.2, -0.15) is 0 Å². The highest BCUT2D eigenvalue weighted by atomic mass is 16.3. The van der Waals surface area contributed by atoms with Gasteiger partial charge in [0.15, 0.2) is 0 Å². The lowest BCUT2D eigenvalue weighted by molar-refractivity contribution is -0.132. The number of benzene rings is 2. The molecule has 1 fully saturated rings. The molecule has 1 saturated heterocycles. The fourth-order valence-electron chi connectivity index (χ4n) is 3.55. The molecular weight excluding hydrogens is 324 g/mol. The summed E-state index contributed by atoms with van der Waals surface area (Å²) in [4.78, 5) is 14.5. The van der Waals surface area contributed by atoms with Crippen molar-refractivity contribution in [1.82, 2.24) is 4.90 Å². The normalized spacial score (nSPS) is 15.8. The van der Waals surface area contributed by atoms with Crippen molar-refractivity contribution in [2.75, 3.05) is 18.4 Å². The zero-order valence-corrected chi connectivity index (χ0v) is 15.1. The van der Waals surface area contributed by atoms with Crippen molar-refractivity contribution in [2.45, 2.75) is 32.2 Å². The summed E-state index contributed by atoms with van der Waals surface area (Å²) in [6.45, 7) is 3.70. The molecule has 0 spiro atoms. The van der Waals surface area contributed by atoms with Crippen molar-refractivity contribution >= 4 is 22.6 Å². The molecule has 1 aliphatic rings. The van der Waals surface area contributed by atoms with E-state index >= 15 is 0 Å². The molecule has 1 aromatic heterocycles. The molecule has 3 aromatic rings. The van der Waals surface area contributed by atoms with Gasteiger partial charge < -0.3 is 14.6 Å². The van der Waals surface area contributed by atoms with Crippen LogP contribution in [0.5, 0.6) is 0 Å². The minimum Gasteiger partial charge on any atom is -0.456 e. The summed E-state index contributed by atoms with van der Waals surface area (Å²) >= 11 is 0. The van der Waals surface area contributed by atoms with Gasteiger partial charge in [-0.15, -0.1) is 0 Å². The van der Waals surface area contributed by atoms with Crippen LogP contribution in [0, 0.1) is 0 Å². The molecule has 4 rings (SSSR count). The van der Waals surface area contributed by atoms with Gasteiger partial charge in [0.2, 0.25) is 5.91 Å². The molecule has 1 N–H and O–H groups in total. The number of anilines is 1. The summed E-state index contributed by atoms with van der Waals surface area (Å²) in [7, 11) is 0. The van der Waals surface area contributed by atoms with E-state index in [2.05, 4.69) is 11.4 Å². The molecule has 26 heavy (non-hydrogen) atoms. The fraction of sp³-hybridized carbons (Fsp3) is 0.318. The third-order valence-electron chi connectivity index (χ3n) is 5.02. The van der Waals surface area contributed by atoms with E-state index in [4.69, 9.17) is 4.42 Å². The van der Waals surface area contributed by atoms with E-state index in [9.17, 15) is 4.79 Å². The van der Waals surface area contributed by atoms with Crippen LogP contribution in [0.15, 0.2) is 59.0 Å². The van der Waals surface area contributed by atoms with Crippen LogP contribution in [-0.4, -0.2) is 29.9 Å². The van der Waals surface area contributed by atoms with Crippen molar-refractivity contribution in [3.05, 3.63) is 54.6 Å². The van der Waals surface area contributed by atoms with E-state index in [0.717, 1.165) is 53.9 Å². The Balaban J connectivity index is 1.44. The van der Waals surface area contributed by atoms with Gasteiger partial charge in [-0.3, -0.25) is 4.79 Å². The monoisotopic (exact) mass is 348 g/mol. The number of carbonyl (C=O) groups is 1. The van der Waals surface area contributed by atoms with Gasteiger partial charge >= 0.3 is 0 Å². The van der Waals surface area contributed by atoms with Gasteiger partial charge in [-0.25, -0.2) is 0 Å². The minimum atomic E-state index is -0.217. The predicted octanol–water partition coefficient (Wildman–Crippen LogP) is 4.91. The molecule has 0 saturated carbocycles. The lowest BCUT2D eigenvalue weighted by Crippen LogP contribution is -2.43. The smallest absolute Gasteiger partial charge is 0.244 e. The Morgan fingerprint density at radius 3 is 2.50 bits per heavy atom. The van der Waals surface area contributed by atoms with E-state index in [1.54, 1.807) is 0 Å². The maximum absolute atomic E-state index is 12.5. The molecule has 0 bridgehead atoms. The maximum atomic E-state index is 12.5. The first-order valence-electron chi connectivity index (χ1n) is 9.35. The van der Waals surface area contributed by atoms with Gasteiger partial charge in [-0.05, 0) is 62.6 Å². The third kappa shape index (κ3) is 3.45. The highest BCUT2D eigenvalue weighted by Gasteiger charge is 2.21. The van der Waals surface area contributed by atoms with E-state index in [-0.39, 0.29) is 11.9 Å².